The van der Waals surface area contributed by atoms with Crippen LogP contribution in [0.1, 0.15) is 56.7 Å². The highest BCUT2D eigenvalue weighted by atomic mass is 16.3. The van der Waals surface area contributed by atoms with E-state index in [2.05, 4.69) is 24.9 Å². The largest absolute Gasteiger partial charge is 0.390 e. The summed E-state index contributed by atoms with van der Waals surface area (Å²) < 4.78 is 0. The van der Waals surface area contributed by atoms with Gasteiger partial charge >= 0.3 is 0 Å². The summed E-state index contributed by atoms with van der Waals surface area (Å²) in [7, 11) is 0. The van der Waals surface area contributed by atoms with Gasteiger partial charge in [-0.15, -0.1) is 0 Å². The van der Waals surface area contributed by atoms with E-state index < -0.39 is 0 Å². The van der Waals surface area contributed by atoms with E-state index in [9.17, 15) is 0 Å². The predicted octanol–water partition coefficient (Wildman–Crippen LogP) is 3.26. The van der Waals surface area contributed by atoms with Gasteiger partial charge in [0.25, 0.3) is 0 Å². The van der Waals surface area contributed by atoms with Crippen LogP contribution in [-0.4, -0.2) is 10.1 Å². The Bertz CT molecular complexity index is 268. The van der Waals surface area contributed by atoms with Crippen LogP contribution in [0.5, 0.6) is 0 Å². The molecule has 0 fully saturated rings. The summed E-state index contributed by atoms with van der Waals surface area (Å²) in [5.74, 6) is 0.630. The molecule has 84 valence electrons. The highest BCUT2D eigenvalue weighted by molar-refractivity contribution is 5.17. The molecule has 0 aliphatic heterocycles. The first-order valence-corrected chi connectivity index (χ1v) is 5.87. The summed E-state index contributed by atoms with van der Waals surface area (Å²) in [5, 5.41) is 8.90. The van der Waals surface area contributed by atoms with E-state index in [1.165, 1.54) is 31.2 Å². The van der Waals surface area contributed by atoms with Crippen LogP contribution in [0.15, 0.2) is 18.3 Å². The van der Waals surface area contributed by atoms with Gasteiger partial charge in [-0.25, -0.2) is 0 Å². The zero-order valence-electron chi connectivity index (χ0n) is 9.74. The lowest BCUT2D eigenvalue weighted by molar-refractivity contribution is 0.277. The van der Waals surface area contributed by atoms with Gasteiger partial charge in [0, 0.05) is 6.20 Å². The van der Waals surface area contributed by atoms with Crippen LogP contribution in [0.3, 0.4) is 0 Å². The molecule has 1 aromatic heterocycles. The van der Waals surface area contributed by atoms with E-state index in [1.807, 2.05) is 12.3 Å². The molecule has 0 aromatic carbocycles. The summed E-state index contributed by atoms with van der Waals surface area (Å²) in [6, 6.07) is 4.02. The molecular formula is C13H21NO. The lowest BCUT2D eigenvalue weighted by Crippen LogP contribution is -1.99. The number of pyridine rings is 1. The SMILES string of the molecule is CCCCC(CC)c1ccc(CO)nc1. The van der Waals surface area contributed by atoms with Crippen LogP contribution in [-0.2, 0) is 6.61 Å². The lowest BCUT2D eigenvalue weighted by Gasteiger charge is -2.14. The predicted molar refractivity (Wildman–Crippen MR) is 62.7 cm³/mol. The Kier molecular flexibility index (Phi) is 5.33. The minimum absolute atomic E-state index is 0.0338. The molecule has 1 unspecified atom stereocenters. The quantitative estimate of drug-likeness (QED) is 0.776. The Morgan fingerprint density at radius 3 is 2.60 bits per heavy atom. The van der Waals surface area contributed by atoms with Crippen molar-refractivity contribution in [3.8, 4) is 0 Å². The second kappa shape index (κ2) is 6.57. The molecule has 1 N–H and O–H groups in total. The van der Waals surface area contributed by atoms with Crippen LogP contribution in [0.4, 0.5) is 0 Å². The molecule has 0 aliphatic rings. The molecule has 2 heteroatoms. The summed E-state index contributed by atoms with van der Waals surface area (Å²) in [6.07, 6.45) is 6.85. The van der Waals surface area contributed by atoms with Gasteiger partial charge < -0.3 is 5.11 Å². The standard InChI is InChI=1S/C13H21NO/c1-3-5-6-11(4-2)12-7-8-13(10-15)14-9-12/h7-9,11,15H,3-6,10H2,1-2H3. The third-order valence-corrected chi connectivity index (χ3v) is 2.88. The van der Waals surface area contributed by atoms with E-state index in [1.54, 1.807) is 0 Å². The van der Waals surface area contributed by atoms with Gasteiger partial charge in [-0.2, -0.15) is 0 Å². The average Bonchev–Trinajstić information content (AvgIpc) is 2.31. The van der Waals surface area contributed by atoms with Crippen molar-refractivity contribution in [3.63, 3.8) is 0 Å². The van der Waals surface area contributed by atoms with Crippen molar-refractivity contribution in [3.05, 3.63) is 29.6 Å². The van der Waals surface area contributed by atoms with Gasteiger partial charge in [0.05, 0.1) is 12.3 Å². The minimum atomic E-state index is 0.0338. The summed E-state index contributed by atoms with van der Waals surface area (Å²) in [6.45, 7) is 4.48. The van der Waals surface area contributed by atoms with Crippen LogP contribution >= 0.6 is 0 Å². The molecule has 0 saturated heterocycles. The van der Waals surface area contributed by atoms with Gasteiger partial charge in [-0.3, -0.25) is 4.98 Å². The van der Waals surface area contributed by atoms with Crippen molar-refractivity contribution in [1.29, 1.82) is 0 Å². The Labute approximate surface area is 92.4 Å². The highest BCUT2D eigenvalue weighted by Gasteiger charge is 2.08. The number of hydrogen-bond donors (Lipinski definition) is 1. The van der Waals surface area contributed by atoms with Gasteiger partial charge in [0.15, 0.2) is 0 Å². The Morgan fingerprint density at radius 2 is 2.13 bits per heavy atom. The highest BCUT2D eigenvalue weighted by Crippen LogP contribution is 2.24. The van der Waals surface area contributed by atoms with E-state index in [0.717, 1.165) is 5.69 Å². The van der Waals surface area contributed by atoms with Crippen LogP contribution < -0.4 is 0 Å². The summed E-state index contributed by atoms with van der Waals surface area (Å²) in [5.41, 5.74) is 2.06. The fourth-order valence-corrected chi connectivity index (χ4v) is 1.83. The molecule has 0 aliphatic carbocycles. The van der Waals surface area contributed by atoms with Crippen molar-refractivity contribution in [2.75, 3.05) is 0 Å². The molecule has 0 radical (unpaired) electrons. The minimum Gasteiger partial charge on any atom is -0.390 e. The summed E-state index contributed by atoms with van der Waals surface area (Å²) >= 11 is 0. The number of aliphatic hydroxyl groups is 1. The molecule has 15 heavy (non-hydrogen) atoms. The monoisotopic (exact) mass is 207 g/mol. The van der Waals surface area contributed by atoms with E-state index in [0.29, 0.717) is 5.92 Å². The molecule has 0 amide bonds. The third kappa shape index (κ3) is 3.63. The second-order valence-corrected chi connectivity index (χ2v) is 3.99. The zero-order valence-corrected chi connectivity index (χ0v) is 9.74. The normalized spacial score (nSPS) is 12.7. The van der Waals surface area contributed by atoms with Gasteiger partial charge in [-0.1, -0.05) is 32.8 Å². The van der Waals surface area contributed by atoms with Crippen molar-refractivity contribution >= 4 is 0 Å². The van der Waals surface area contributed by atoms with Gasteiger partial charge in [0.1, 0.15) is 0 Å². The smallest absolute Gasteiger partial charge is 0.0852 e. The van der Waals surface area contributed by atoms with E-state index in [-0.39, 0.29) is 6.61 Å². The van der Waals surface area contributed by atoms with Crippen molar-refractivity contribution < 1.29 is 5.11 Å². The first-order valence-electron chi connectivity index (χ1n) is 5.87. The van der Waals surface area contributed by atoms with Gasteiger partial charge in [-0.05, 0) is 30.4 Å². The van der Waals surface area contributed by atoms with Crippen molar-refractivity contribution in [2.24, 2.45) is 0 Å². The number of unbranched alkanes of at least 4 members (excludes halogenated alkanes) is 1. The number of aromatic nitrogens is 1. The maximum Gasteiger partial charge on any atom is 0.0852 e. The van der Waals surface area contributed by atoms with Crippen molar-refractivity contribution in [1.82, 2.24) is 4.98 Å². The van der Waals surface area contributed by atoms with Crippen LogP contribution in [0, 0.1) is 0 Å². The fourth-order valence-electron chi connectivity index (χ4n) is 1.83. The molecule has 1 rings (SSSR count). The van der Waals surface area contributed by atoms with Crippen LogP contribution in [0.25, 0.3) is 0 Å². The molecule has 1 heterocycles. The number of nitrogens with zero attached hydrogens (tertiary/aromatic N) is 1. The number of aliphatic hydroxyl groups excluding tert-OH is 1. The van der Waals surface area contributed by atoms with Crippen LogP contribution in [0.2, 0.25) is 0 Å². The van der Waals surface area contributed by atoms with E-state index in [4.69, 9.17) is 5.11 Å². The van der Waals surface area contributed by atoms with Gasteiger partial charge in [0.2, 0.25) is 0 Å². The molecule has 1 atom stereocenters. The molecule has 0 spiro atoms. The fraction of sp³-hybridized carbons (Fsp3) is 0.615. The summed E-state index contributed by atoms with van der Waals surface area (Å²) in [4.78, 5) is 4.22. The average molecular weight is 207 g/mol. The van der Waals surface area contributed by atoms with E-state index >= 15 is 0 Å². The Balaban J connectivity index is 2.65. The first kappa shape index (κ1) is 12.2. The Morgan fingerprint density at radius 1 is 1.33 bits per heavy atom. The molecule has 1 aromatic rings. The number of hydrogen-bond acceptors (Lipinski definition) is 2. The number of rotatable bonds is 6. The molecule has 0 saturated carbocycles. The molecule has 0 bridgehead atoms. The topological polar surface area (TPSA) is 33.1 Å². The lowest BCUT2D eigenvalue weighted by atomic mass is 9.92. The molecular weight excluding hydrogens is 186 g/mol. The molecule has 2 nitrogen and oxygen atoms in total. The zero-order chi connectivity index (χ0) is 11.1. The third-order valence-electron chi connectivity index (χ3n) is 2.88. The second-order valence-electron chi connectivity index (χ2n) is 3.99. The van der Waals surface area contributed by atoms with Crippen molar-refractivity contribution in [2.45, 2.75) is 52.1 Å². The first-order chi connectivity index (χ1) is 7.31. The maximum absolute atomic E-state index is 8.90. The maximum atomic E-state index is 8.90. The Hall–Kier alpha value is -0.890.